The van der Waals surface area contributed by atoms with Gasteiger partial charge in [0.05, 0.1) is 12.5 Å². The Hall–Kier alpha value is -2.56. The van der Waals surface area contributed by atoms with Crippen molar-refractivity contribution in [3.05, 3.63) is 20.8 Å². The Labute approximate surface area is 127 Å². The second-order valence-corrected chi connectivity index (χ2v) is 5.15. The minimum absolute atomic E-state index is 0.264. The number of imidazole rings is 1. The van der Waals surface area contributed by atoms with Crippen LogP contribution in [0.4, 0.5) is 5.95 Å². The van der Waals surface area contributed by atoms with Gasteiger partial charge in [-0.2, -0.15) is 10.2 Å². The fourth-order valence-electron chi connectivity index (χ4n) is 2.34. The third-order valence-electron chi connectivity index (χ3n) is 3.61. The zero-order chi connectivity index (χ0) is 16.3. The molecule has 2 rings (SSSR count). The second kappa shape index (κ2) is 6.47. The molecule has 0 fully saturated rings. The topological polar surface area (TPSA) is 97.6 Å². The van der Waals surface area contributed by atoms with E-state index in [1.807, 2.05) is 0 Å². The summed E-state index contributed by atoms with van der Waals surface area (Å²) < 4.78 is 4.10. The third-order valence-corrected chi connectivity index (χ3v) is 3.61. The molecule has 0 aliphatic carbocycles. The third kappa shape index (κ3) is 2.62. The lowest BCUT2D eigenvalue weighted by Gasteiger charge is -2.08. The first kappa shape index (κ1) is 15.8. The van der Waals surface area contributed by atoms with Crippen molar-refractivity contribution in [2.45, 2.75) is 32.7 Å². The lowest BCUT2D eigenvalue weighted by Crippen LogP contribution is -2.37. The van der Waals surface area contributed by atoms with E-state index in [4.69, 9.17) is 5.26 Å². The summed E-state index contributed by atoms with van der Waals surface area (Å²) in [5.41, 5.74) is -0.126. The molecule has 0 atom stereocenters. The summed E-state index contributed by atoms with van der Waals surface area (Å²) in [5, 5.41) is 12.0. The van der Waals surface area contributed by atoms with Crippen molar-refractivity contribution < 1.29 is 0 Å². The highest BCUT2D eigenvalue weighted by Crippen LogP contribution is 2.16. The number of nitrogens with zero attached hydrogens (tertiary/aromatic N) is 5. The second-order valence-electron chi connectivity index (χ2n) is 5.15. The van der Waals surface area contributed by atoms with Gasteiger partial charge >= 0.3 is 5.69 Å². The molecule has 0 aromatic carbocycles. The highest BCUT2D eigenvalue weighted by molar-refractivity contribution is 5.74. The Morgan fingerprint density at radius 3 is 2.64 bits per heavy atom. The Morgan fingerprint density at radius 2 is 2.00 bits per heavy atom. The fraction of sp³-hybridized carbons (Fsp3) is 0.571. The van der Waals surface area contributed by atoms with Crippen molar-refractivity contribution in [1.82, 2.24) is 18.7 Å². The molecule has 0 aliphatic rings. The van der Waals surface area contributed by atoms with Crippen molar-refractivity contribution in [2.24, 2.45) is 14.1 Å². The van der Waals surface area contributed by atoms with Gasteiger partial charge in [0.25, 0.3) is 5.56 Å². The number of anilines is 1. The Bertz CT molecular complexity index is 836. The number of hydrogen-bond donors (Lipinski definition) is 1. The zero-order valence-electron chi connectivity index (χ0n) is 13.1. The Balaban J connectivity index is 2.67. The monoisotopic (exact) mass is 304 g/mol. The molecule has 0 bridgehead atoms. The summed E-state index contributed by atoms with van der Waals surface area (Å²) in [7, 11) is 3.03. The van der Waals surface area contributed by atoms with E-state index in [-0.39, 0.29) is 6.42 Å². The van der Waals surface area contributed by atoms with Crippen LogP contribution in [0.2, 0.25) is 0 Å². The van der Waals surface area contributed by atoms with Gasteiger partial charge in [0, 0.05) is 27.2 Å². The van der Waals surface area contributed by atoms with Gasteiger partial charge in [-0.1, -0.05) is 13.3 Å². The van der Waals surface area contributed by atoms with Crippen LogP contribution in [-0.4, -0.2) is 25.2 Å². The predicted molar refractivity (Wildman–Crippen MR) is 83.8 cm³/mol. The van der Waals surface area contributed by atoms with Crippen molar-refractivity contribution >= 4 is 17.1 Å². The van der Waals surface area contributed by atoms with Crippen molar-refractivity contribution in [3.8, 4) is 6.07 Å². The lowest BCUT2D eigenvalue weighted by molar-refractivity contribution is 0.692. The van der Waals surface area contributed by atoms with E-state index in [0.717, 1.165) is 24.0 Å². The van der Waals surface area contributed by atoms with E-state index >= 15 is 0 Å². The summed E-state index contributed by atoms with van der Waals surface area (Å²) in [6.07, 6.45) is 2.27. The molecule has 0 radical (unpaired) electrons. The normalized spacial score (nSPS) is 10.8. The Morgan fingerprint density at radius 1 is 1.27 bits per heavy atom. The molecule has 2 aromatic heterocycles. The van der Waals surface area contributed by atoms with E-state index in [2.05, 4.69) is 23.3 Å². The highest BCUT2D eigenvalue weighted by atomic mass is 16.2. The molecule has 0 spiro atoms. The average molecular weight is 304 g/mol. The SMILES string of the molecule is CCCCNc1nc2c(c(=O)n(C)c(=O)n2C)n1CCC#N. The van der Waals surface area contributed by atoms with Crippen LogP contribution >= 0.6 is 0 Å². The van der Waals surface area contributed by atoms with Crippen LogP contribution in [0.3, 0.4) is 0 Å². The predicted octanol–water partition coefficient (Wildman–Crippen LogP) is 0.559. The van der Waals surface area contributed by atoms with Gasteiger partial charge < -0.3 is 9.88 Å². The van der Waals surface area contributed by atoms with Gasteiger partial charge in [-0.25, -0.2) is 4.79 Å². The summed E-state index contributed by atoms with van der Waals surface area (Å²) in [4.78, 5) is 28.8. The van der Waals surface area contributed by atoms with Crippen molar-refractivity contribution in [1.29, 1.82) is 5.26 Å². The van der Waals surface area contributed by atoms with Crippen LogP contribution in [-0.2, 0) is 20.6 Å². The number of fused-ring (bicyclic) bond motifs is 1. The molecule has 118 valence electrons. The first-order chi connectivity index (χ1) is 10.5. The fourth-order valence-corrected chi connectivity index (χ4v) is 2.34. The average Bonchev–Trinajstić information content (AvgIpc) is 2.88. The Kier molecular flexibility index (Phi) is 4.65. The molecule has 8 nitrogen and oxygen atoms in total. The summed E-state index contributed by atoms with van der Waals surface area (Å²) in [6.45, 7) is 3.16. The van der Waals surface area contributed by atoms with Crippen LogP contribution in [0, 0.1) is 11.3 Å². The van der Waals surface area contributed by atoms with Crippen LogP contribution in [0.1, 0.15) is 26.2 Å². The van der Waals surface area contributed by atoms with Crippen molar-refractivity contribution in [3.63, 3.8) is 0 Å². The summed E-state index contributed by atoms with van der Waals surface area (Å²) in [6, 6.07) is 2.07. The number of nitrogens with one attached hydrogen (secondary N) is 1. The summed E-state index contributed by atoms with van der Waals surface area (Å²) >= 11 is 0. The van der Waals surface area contributed by atoms with Gasteiger partial charge in [-0.05, 0) is 6.42 Å². The molecule has 2 heterocycles. The van der Waals surface area contributed by atoms with Crippen molar-refractivity contribution in [2.75, 3.05) is 11.9 Å². The number of aryl methyl sites for hydroxylation is 2. The van der Waals surface area contributed by atoms with E-state index in [9.17, 15) is 9.59 Å². The van der Waals surface area contributed by atoms with Gasteiger partial charge in [0.2, 0.25) is 5.95 Å². The van der Waals surface area contributed by atoms with E-state index in [0.29, 0.717) is 23.7 Å². The lowest BCUT2D eigenvalue weighted by atomic mass is 10.3. The molecule has 0 aliphatic heterocycles. The standard InChI is InChI=1S/C14H20N6O2/c1-4-5-8-16-13-17-11-10(20(13)9-6-7-15)12(21)19(3)14(22)18(11)2/h4-6,8-9H2,1-3H3,(H,16,17). The molecule has 0 saturated carbocycles. The number of hydrogen-bond acceptors (Lipinski definition) is 5. The summed E-state index contributed by atoms with van der Waals surface area (Å²) in [5.74, 6) is 0.525. The quantitative estimate of drug-likeness (QED) is 0.786. The molecule has 8 heteroatoms. The van der Waals surface area contributed by atoms with Crippen LogP contribution in [0.5, 0.6) is 0 Å². The number of unbranched alkanes of at least 4 members (excludes halogenated alkanes) is 1. The minimum Gasteiger partial charge on any atom is -0.356 e. The molecule has 1 N–H and O–H groups in total. The molecule has 2 aromatic rings. The number of rotatable bonds is 6. The van der Waals surface area contributed by atoms with Crippen LogP contribution < -0.4 is 16.6 Å². The van der Waals surface area contributed by atoms with Gasteiger partial charge in [0.1, 0.15) is 0 Å². The molecular weight excluding hydrogens is 284 g/mol. The van der Waals surface area contributed by atoms with Crippen LogP contribution in [0.25, 0.3) is 11.2 Å². The molecule has 0 amide bonds. The number of aromatic nitrogens is 4. The first-order valence-corrected chi connectivity index (χ1v) is 7.30. The minimum atomic E-state index is -0.414. The molecule has 22 heavy (non-hydrogen) atoms. The molecular formula is C14H20N6O2. The van der Waals surface area contributed by atoms with Gasteiger partial charge in [-0.15, -0.1) is 0 Å². The first-order valence-electron chi connectivity index (χ1n) is 7.30. The molecule has 0 saturated heterocycles. The van der Waals surface area contributed by atoms with E-state index in [1.165, 1.54) is 11.6 Å². The van der Waals surface area contributed by atoms with Gasteiger partial charge in [0.15, 0.2) is 11.2 Å². The van der Waals surface area contributed by atoms with E-state index < -0.39 is 11.2 Å². The highest BCUT2D eigenvalue weighted by Gasteiger charge is 2.18. The van der Waals surface area contributed by atoms with Crippen LogP contribution in [0.15, 0.2) is 9.59 Å². The van der Waals surface area contributed by atoms with E-state index in [1.54, 1.807) is 11.6 Å². The van der Waals surface area contributed by atoms with Gasteiger partial charge in [-0.3, -0.25) is 13.9 Å². The smallest absolute Gasteiger partial charge is 0.332 e. The number of nitriles is 1. The maximum Gasteiger partial charge on any atom is 0.332 e. The largest absolute Gasteiger partial charge is 0.356 e. The maximum absolute atomic E-state index is 12.4. The maximum atomic E-state index is 12.4. The molecule has 0 unspecified atom stereocenters. The zero-order valence-corrected chi connectivity index (χ0v) is 13.1.